The molecule has 2 fully saturated rings. The first-order valence-electron chi connectivity index (χ1n) is 10.6. The van der Waals surface area contributed by atoms with E-state index in [0.29, 0.717) is 31.5 Å². The van der Waals surface area contributed by atoms with Crippen LogP contribution in [0.15, 0.2) is 0 Å². The first kappa shape index (κ1) is 21.1. The Morgan fingerprint density at radius 3 is 2.20 bits per heavy atom. The number of esters is 1. The van der Waals surface area contributed by atoms with E-state index < -0.39 is 0 Å². The van der Waals surface area contributed by atoms with Crippen LogP contribution in [-0.2, 0) is 14.3 Å². The van der Waals surface area contributed by atoms with E-state index in [1.807, 2.05) is 0 Å². The fourth-order valence-electron chi connectivity index (χ4n) is 4.74. The molecule has 0 saturated heterocycles. The number of carbonyl (C=O) groups is 1. The van der Waals surface area contributed by atoms with Gasteiger partial charge in [0.15, 0.2) is 0 Å². The topological polar surface area (TPSA) is 35.5 Å². The Labute approximate surface area is 160 Å². The van der Waals surface area contributed by atoms with Crippen molar-refractivity contribution in [3.63, 3.8) is 0 Å². The lowest BCUT2D eigenvalue weighted by Crippen LogP contribution is -2.29. The van der Waals surface area contributed by atoms with E-state index in [-0.39, 0.29) is 5.97 Å². The van der Waals surface area contributed by atoms with E-state index in [1.54, 1.807) is 0 Å². The molecule has 0 unspecified atom stereocenters. The fraction of sp³-hybridized carbons (Fsp3) is 0.952. The molecule has 0 radical (unpaired) electrons. The van der Waals surface area contributed by atoms with Crippen molar-refractivity contribution in [3.05, 3.63) is 0 Å². The molecule has 0 aromatic carbocycles. The Hall–Kier alpha value is -0.220. The third-order valence-corrected chi connectivity index (χ3v) is 6.42. The molecule has 0 amide bonds. The van der Waals surface area contributed by atoms with Gasteiger partial charge in [-0.05, 0) is 56.3 Å². The van der Waals surface area contributed by atoms with Gasteiger partial charge in [-0.2, -0.15) is 12.6 Å². The largest absolute Gasteiger partial charge is 0.466 e. The van der Waals surface area contributed by atoms with Crippen molar-refractivity contribution in [2.75, 3.05) is 19.0 Å². The highest BCUT2D eigenvalue weighted by Gasteiger charge is 2.30. The predicted molar refractivity (Wildman–Crippen MR) is 106 cm³/mol. The van der Waals surface area contributed by atoms with E-state index >= 15 is 0 Å². The minimum atomic E-state index is -0.149. The van der Waals surface area contributed by atoms with Crippen LogP contribution in [0.4, 0.5) is 0 Å². The Morgan fingerprint density at radius 1 is 0.960 bits per heavy atom. The zero-order valence-corrected chi connectivity index (χ0v) is 17.0. The molecule has 2 saturated carbocycles. The summed E-state index contributed by atoms with van der Waals surface area (Å²) in [4.78, 5) is 11.2. The second-order valence-corrected chi connectivity index (χ2v) is 8.47. The maximum Gasteiger partial charge on any atom is 0.306 e. The number of hydrogen-bond donors (Lipinski definition) is 1. The minimum Gasteiger partial charge on any atom is -0.466 e. The van der Waals surface area contributed by atoms with Crippen LogP contribution in [0.3, 0.4) is 0 Å². The highest BCUT2D eigenvalue weighted by molar-refractivity contribution is 7.80. The van der Waals surface area contributed by atoms with E-state index in [2.05, 4.69) is 19.6 Å². The molecule has 0 N–H and O–H groups in total. The van der Waals surface area contributed by atoms with Crippen LogP contribution >= 0.6 is 12.6 Å². The summed E-state index contributed by atoms with van der Waals surface area (Å²) in [5.74, 6) is 3.36. The first-order chi connectivity index (χ1) is 12.2. The molecule has 0 bridgehead atoms. The lowest BCUT2D eigenvalue weighted by molar-refractivity contribution is -0.143. The van der Waals surface area contributed by atoms with Gasteiger partial charge in [0.2, 0.25) is 0 Å². The van der Waals surface area contributed by atoms with Gasteiger partial charge in [-0.1, -0.05) is 32.6 Å². The summed E-state index contributed by atoms with van der Waals surface area (Å²) < 4.78 is 11.1. The third-order valence-electron chi connectivity index (χ3n) is 6.20. The van der Waals surface area contributed by atoms with Crippen molar-refractivity contribution in [1.29, 1.82) is 0 Å². The van der Waals surface area contributed by atoms with Crippen LogP contribution in [-0.4, -0.2) is 31.0 Å². The van der Waals surface area contributed by atoms with Gasteiger partial charge in [-0.15, -0.1) is 0 Å². The number of rotatable bonds is 10. The van der Waals surface area contributed by atoms with Crippen molar-refractivity contribution in [3.8, 4) is 0 Å². The molecule has 4 heteroatoms. The molecule has 0 spiro atoms. The molecule has 0 atom stereocenters. The molecule has 0 heterocycles. The summed E-state index contributed by atoms with van der Waals surface area (Å²) in [7, 11) is 0. The normalized spacial score (nSPS) is 30.2. The van der Waals surface area contributed by atoms with Gasteiger partial charge in [0.25, 0.3) is 0 Å². The zero-order valence-electron chi connectivity index (χ0n) is 16.1. The number of carbonyl (C=O) groups excluding carboxylic acids is 1. The lowest BCUT2D eigenvalue weighted by Gasteiger charge is -2.37. The number of thiol groups is 1. The van der Waals surface area contributed by atoms with Crippen molar-refractivity contribution >= 4 is 18.6 Å². The van der Waals surface area contributed by atoms with Gasteiger partial charge in [-0.25, -0.2) is 0 Å². The standard InChI is InChI=1S/C21H38O3S/c1-2-4-17-5-7-18(8-6-17)19-9-11-20(12-10-19)23-14-3-15-24-21(22)13-16-25/h17-20,25H,2-16H2,1H3. The SMILES string of the molecule is CCCC1CCC(C2CCC(OCCCOC(=O)CCS)CC2)CC1. The van der Waals surface area contributed by atoms with Crippen molar-refractivity contribution < 1.29 is 14.3 Å². The van der Waals surface area contributed by atoms with Gasteiger partial charge < -0.3 is 9.47 Å². The van der Waals surface area contributed by atoms with Gasteiger partial charge in [-0.3, -0.25) is 4.79 Å². The fourth-order valence-corrected chi connectivity index (χ4v) is 4.92. The molecule has 0 aromatic heterocycles. The third kappa shape index (κ3) is 7.90. The molecule has 0 aromatic rings. The summed E-state index contributed by atoms with van der Waals surface area (Å²) >= 11 is 4.03. The van der Waals surface area contributed by atoms with Gasteiger partial charge >= 0.3 is 5.97 Å². The predicted octanol–water partition coefficient (Wildman–Crippen LogP) is 5.42. The average Bonchev–Trinajstić information content (AvgIpc) is 2.63. The molecule has 25 heavy (non-hydrogen) atoms. The van der Waals surface area contributed by atoms with Crippen molar-refractivity contribution in [2.45, 2.75) is 90.1 Å². The Kier molecular flexibility index (Phi) is 10.3. The smallest absolute Gasteiger partial charge is 0.306 e. The van der Waals surface area contributed by atoms with E-state index in [1.165, 1.54) is 64.2 Å². The van der Waals surface area contributed by atoms with Gasteiger partial charge in [0.05, 0.1) is 25.7 Å². The highest BCUT2D eigenvalue weighted by Crippen LogP contribution is 2.41. The average molecular weight is 371 g/mol. The maximum atomic E-state index is 11.2. The Morgan fingerprint density at radius 2 is 1.60 bits per heavy atom. The molecule has 2 aliphatic carbocycles. The summed E-state index contributed by atoms with van der Waals surface area (Å²) in [6, 6.07) is 0. The van der Waals surface area contributed by atoms with Gasteiger partial charge in [0, 0.05) is 12.2 Å². The van der Waals surface area contributed by atoms with Crippen LogP contribution < -0.4 is 0 Å². The molecule has 2 aliphatic rings. The number of hydrogen-bond acceptors (Lipinski definition) is 4. The second-order valence-electron chi connectivity index (χ2n) is 8.02. The summed E-state index contributed by atoms with van der Waals surface area (Å²) in [6.07, 6.45) is 15.5. The van der Waals surface area contributed by atoms with Crippen LogP contribution in [0.5, 0.6) is 0 Å². The highest BCUT2D eigenvalue weighted by atomic mass is 32.1. The molecule has 0 aliphatic heterocycles. The van der Waals surface area contributed by atoms with E-state index in [9.17, 15) is 4.79 Å². The van der Waals surface area contributed by atoms with Crippen LogP contribution in [0, 0.1) is 17.8 Å². The maximum absolute atomic E-state index is 11.2. The quantitative estimate of drug-likeness (QED) is 0.317. The minimum absolute atomic E-state index is 0.149. The zero-order chi connectivity index (χ0) is 17.9. The molecule has 2 rings (SSSR count). The summed E-state index contributed by atoms with van der Waals surface area (Å²) in [6.45, 7) is 3.51. The molecular weight excluding hydrogens is 332 g/mol. The monoisotopic (exact) mass is 370 g/mol. The van der Waals surface area contributed by atoms with Gasteiger partial charge in [0.1, 0.15) is 0 Å². The second kappa shape index (κ2) is 12.2. The van der Waals surface area contributed by atoms with Crippen molar-refractivity contribution in [1.82, 2.24) is 0 Å². The van der Waals surface area contributed by atoms with Crippen LogP contribution in [0.25, 0.3) is 0 Å². The Balaban J connectivity index is 1.51. The molecule has 146 valence electrons. The summed E-state index contributed by atoms with van der Waals surface area (Å²) in [5, 5.41) is 0. The molecule has 3 nitrogen and oxygen atoms in total. The van der Waals surface area contributed by atoms with E-state index in [0.717, 1.165) is 24.2 Å². The number of ether oxygens (including phenoxy) is 2. The Bertz CT molecular complexity index is 358. The van der Waals surface area contributed by atoms with E-state index in [4.69, 9.17) is 9.47 Å². The van der Waals surface area contributed by atoms with Crippen LogP contribution in [0.1, 0.15) is 84.0 Å². The summed E-state index contributed by atoms with van der Waals surface area (Å²) in [5.41, 5.74) is 0. The van der Waals surface area contributed by atoms with Crippen molar-refractivity contribution in [2.24, 2.45) is 17.8 Å². The molecular formula is C21H38O3S. The first-order valence-corrected chi connectivity index (χ1v) is 11.2. The lowest BCUT2D eigenvalue weighted by atomic mass is 9.70. The van der Waals surface area contributed by atoms with Crippen LogP contribution in [0.2, 0.25) is 0 Å².